The van der Waals surface area contributed by atoms with Crippen LogP contribution in [0.25, 0.3) is 5.57 Å². The third kappa shape index (κ3) is 4.29. The lowest BCUT2D eigenvalue weighted by molar-refractivity contribution is 0.514. The van der Waals surface area contributed by atoms with Gasteiger partial charge in [0.2, 0.25) is 0 Å². The molecular weight excluding hydrogens is 589 g/mol. The lowest BCUT2D eigenvalue weighted by Gasteiger charge is -2.46. The Labute approximate surface area is 277 Å². The first-order valence-electron chi connectivity index (χ1n) is 16.3. The number of anilines is 3. The van der Waals surface area contributed by atoms with Gasteiger partial charge in [0.25, 0.3) is 0 Å². The van der Waals surface area contributed by atoms with Gasteiger partial charge in [-0.15, -0.1) is 0 Å². The molecule has 0 bridgehead atoms. The van der Waals surface area contributed by atoms with Crippen molar-refractivity contribution in [2.45, 2.75) is 19.3 Å². The largest absolute Gasteiger partial charge is 0.310 e. The Bertz CT molecular complexity index is 2110. The molecular formula is C44H36NOP. The lowest BCUT2D eigenvalue weighted by atomic mass is 9.62. The van der Waals surface area contributed by atoms with Gasteiger partial charge in [0.15, 0.2) is 7.14 Å². The van der Waals surface area contributed by atoms with Crippen molar-refractivity contribution in [2.24, 2.45) is 5.92 Å². The Morgan fingerprint density at radius 1 is 0.596 bits per heavy atom. The molecule has 228 valence electrons. The van der Waals surface area contributed by atoms with Crippen molar-refractivity contribution in [2.75, 3.05) is 4.90 Å². The van der Waals surface area contributed by atoms with E-state index in [0.717, 1.165) is 21.6 Å². The zero-order valence-corrected chi connectivity index (χ0v) is 27.5. The highest BCUT2D eigenvalue weighted by Gasteiger charge is 2.54. The average molecular weight is 626 g/mol. The second-order valence-corrected chi connectivity index (χ2v) is 15.2. The van der Waals surface area contributed by atoms with Gasteiger partial charge in [-0.3, -0.25) is 0 Å². The highest BCUT2D eigenvalue weighted by molar-refractivity contribution is 7.85. The molecule has 1 heterocycles. The number of hydrogen-bond acceptors (Lipinski definition) is 2. The fourth-order valence-electron chi connectivity index (χ4n) is 8.05. The van der Waals surface area contributed by atoms with Crippen molar-refractivity contribution < 1.29 is 4.57 Å². The summed E-state index contributed by atoms with van der Waals surface area (Å²) in [4.78, 5) is 2.40. The molecule has 3 heteroatoms. The third-order valence-electron chi connectivity index (χ3n) is 10.1. The van der Waals surface area contributed by atoms with Crippen molar-refractivity contribution >= 4 is 45.7 Å². The van der Waals surface area contributed by atoms with E-state index in [9.17, 15) is 0 Å². The van der Waals surface area contributed by atoms with E-state index in [4.69, 9.17) is 0 Å². The number of para-hydroxylation sites is 3. The quantitative estimate of drug-likeness (QED) is 0.178. The fraction of sp³-hybridized carbons (Fsp3) is 0.0909. The molecule has 8 rings (SSSR count). The molecule has 1 aliphatic carbocycles. The summed E-state index contributed by atoms with van der Waals surface area (Å²) in [5, 5.41) is 2.54. The van der Waals surface area contributed by atoms with Crippen LogP contribution in [0.1, 0.15) is 36.1 Å². The van der Waals surface area contributed by atoms with E-state index in [0.29, 0.717) is 0 Å². The summed E-state index contributed by atoms with van der Waals surface area (Å²) in [5.74, 6) is 0.108. The molecule has 6 aromatic carbocycles. The third-order valence-corrected chi connectivity index (χ3v) is 13.1. The van der Waals surface area contributed by atoms with E-state index in [1.165, 1.54) is 39.2 Å². The van der Waals surface area contributed by atoms with Crippen LogP contribution in [0.4, 0.5) is 17.1 Å². The first kappa shape index (κ1) is 29.2. The lowest BCUT2D eigenvalue weighted by Crippen LogP contribution is -2.39. The van der Waals surface area contributed by atoms with Crippen LogP contribution in [-0.2, 0) is 9.98 Å². The normalized spacial score (nSPS) is 17.1. The Balaban J connectivity index is 1.48. The fourth-order valence-corrected chi connectivity index (χ4v) is 10.7. The summed E-state index contributed by atoms with van der Waals surface area (Å²) >= 11 is 0. The molecule has 0 saturated heterocycles. The minimum Gasteiger partial charge on any atom is -0.310 e. The van der Waals surface area contributed by atoms with Crippen LogP contribution < -0.4 is 20.8 Å². The van der Waals surface area contributed by atoms with Gasteiger partial charge in [0.1, 0.15) is 0 Å². The maximum atomic E-state index is 15.7. The number of fused-ring (bicyclic) bond motifs is 6. The smallest absolute Gasteiger partial charge is 0.171 e. The van der Waals surface area contributed by atoms with Gasteiger partial charge in [-0.05, 0) is 71.0 Å². The van der Waals surface area contributed by atoms with Gasteiger partial charge in [-0.25, -0.2) is 0 Å². The van der Waals surface area contributed by atoms with Crippen molar-refractivity contribution in [3.63, 3.8) is 0 Å². The van der Waals surface area contributed by atoms with Gasteiger partial charge >= 0.3 is 0 Å². The van der Waals surface area contributed by atoms with Crippen LogP contribution in [0.3, 0.4) is 0 Å². The molecule has 0 saturated carbocycles. The summed E-state index contributed by atoms with van der Waals surface area (Å²) in [7, 11) is -3.21. The Morgan fingerprint density at radius 2 is 1.11 bits per heavy atom. The molecule has 1 unspecified atom stereocenters. The minimum atomic E-state index is -3.21. The molecule has 0 N–H and O–H groups in total. The molecule has 0 radical (unpaired) electrons. The molecule has 1 spiro atoms. The zero-order valence-electron chi connectivity index (χ0n) is 26.6. The van der Waals surface area contributed by atoms with Crippen LogP contribution in [0.2, 0.25) is 0 Å². The van der Waals surface area contributed by atoms with Crippen LogP contribution in [0.15, 0.2) is 176 Å². The van der Waals surface area contributed by atoms with E-state index in [1.807, 2.05) is 60.7 Å². The summed E-state index contributed by atoms with van der Waals surface area (Å²) in [6, 6.07) is 55.0. The zero-order chi connectivity index (χ0) is 32.0. The van der Waals surface area contributed by atoms with E-state index >= 15 is 4.57 Å². The Hall–Kier alpha value is -5.17. The second-order valence-electron chi connectivity index (χ2n) is 12.4. The SMILES string of the molecule is C/C=C\C=C1\c2ccc(P(=O)(c3ccccc3)c3ccccc3)cc2C2(c3ccccc3N(c3ccccc3)c3ccccc32)C1C. The molecule has 2 aliphatic rings. The van der Waals surface area contributed by atoms with Crippen LogP contribution in [-0.4, -0.2) is 0 Å². The van der Waals surface area contributed by atoms with Crippen molar-refractivity contribution in [1.82, 2.24) is 0 Å². The van der Waals surface area contributed by atoms with Crippen molar-refractivity contribution in [1.29, 1.82) is 0 Å². The molecule has 2 nitrogen and oxygen atoms in total. The second kappa shape index (κ2) is 11.6. The van der Waals surface area contributed by atoms with Crippen molar-refractivity contribution in [3.05, 3.63) is 198 Å². The molecule has 6 aromatic rings. The maximum absolute atomic E-state index is 15.7. The number of benzene rings is 6. The van der Waals surface area contributed by atoms with Crippen LogP contribution in [0, 0.1) is 5.92 Å². The summed E-state index contributed by atoms with van der Waals surface area (Å²) < 4.78 is 15.7. The van der Waals surface area contributed by atoms with E-state index in [-0.39, 0.29) is 5.92 Å². The van der Waals surface area contributed by atoms with Gasteiger partial charge in [-0.2, -0.15) is 0 Å². The van der Waals surface area contributed by atoms with Gasteiger partial charge in [0.05, 0.1) is 16.8 Å². The number of nitrogens with zero attached hydrogens (tertiary/aromatic N) is 1. The molecule has 47 heavy (non-hydrogen) atoms. The standard InChI is InChI=1S/C44H36NOP/c1-3-4-24-37-32(2)44(39-25-14-16-27-42(39)45(33-18-8-5-9-19-33)43-28-17-15-26-40(43)44)41-31-36(29-30-38(37)41)47(46,34-20-10-6-11-21-34)35-22-12-7-13-23-35/h3-32H,1-2H3/b4-3-,37-24+. The first-order valence-corrected chi connectivity index (χ1v) is 18.0. The molecule has 0 aromatic heterocycles. The topological polar surface area (TPSA) is 20.3 Å². The van der Waals surface area contributed by atoms with Crippen molar-refractivity contribution in [3.8, 4) is 0 Å². The number of rotatable bonds is 5. The van der Waals surface area contributed by atoms with E-state index < -0.39 is 12.6 Å². The molecule has 1 aliphatic heterocycles. The molecule has 0 amide bonds. The predicted molar refractivity (Wildman–Crippen MR) is 199 cm³/mol. The summed E-state index contributed by atoms with van der Waals surface area (Å²) in [5.41, 5.74) is 9.18. The number of hydrogen-bond donors (Lipinski definition) is 0. The monoisotopic (exact) mass is 625 g/mol. The summed E-state index contributed by atoms with van der Waals surface area (Å²) in [6.45, 7) is 4.43. The minimum absolute atomic E-state index is 0.108. The average Bonchev–Trinajstić information content (AvgIpc) is 3.38. The Morgan fingerprint density at radius 3 is 1.66 bits per heavy atom. The molecule has 0 fully saturated rings. The van der Waals surface area contributed by atoms with Gasteiger partial charge in [-0.1, -0.05) is 153 Å². The van der Waals surface area contributed by atoms with Crippen LogP contribution in [0.5, 0.6) is 0 Å². The Kier molecular flexibility index (Phi) is 7.20. The van der Waals surface area contributed by atoms with E-state index in [2.05, 4.69) is 134 Å². The highest BCUT2D eigenvalue weighted by atomic mass is 31.2. The first-order chi connectivity index (χ1) is 23.1. The summed E-state index contributed by atoms with van der Waals surface area (Å²) in [6.07, 6.45) is 6.52. The molecule has 1 atom stereocenters. The van der Waals surface area contributed by atoms with Gasteiger partial charge in [0, 0.05) is 21.6 Å². The van der Waals surface area contributed by atoms with Crippen LogP contribution >= 0.6 is 7.14 Å². The maximum Gasteiger partial charge on any atom is 0.171 e. The van der Waals surface area contributed by atoms with Gasteiger partial charge < -0.3 is 9.46 Å². The van der Waals surface area contributed by atoms with E-state index in [1.54, 1.807) is 0 Å². The number of allylic oxidation sites excluding steroid dienone is 4. The predicted octanol–water partition coefficient (Wildman–Crippen LogP) is 10.1. The highest BCUT2D eigenvalue weighted by Crippen LogP contribution is 2.64.